The number of methoxy groups -OCH3 is 2. The van der Waals surface area contributed by atoms with Gasteiger partial charge in [0, 0.05) is 29.3 Å². The Morgan fingerprint density at radius 3 is 2.31 bits per heavy atom. The standard InChI is InChI=1S/C26H30N2O5S2/c1-32-23-16-15-20(18-24(23)33-2)19-27-26(29)14-9-17-28(35(3,30)31)22-12-7-8-13-25(22)34-21-10-5-4-6-11-21/h4-8,10-13,15-16,18H,9,14,17,19H2,1-3H3,(H,27,29). The maximum Gasteiger partial charge on any atom is 0.232 e. The Hall–Kier alpha value is -3.17. The van der Waals surface area contributed by atoms with Gasteiger partial charge < -0.3 is 14.8 Å². The fourth-order valence-electron chi connectivity index (χ4n) is 3.49. The van der Waals surface area contributed by atoms with E-state index in [9.17, 15) is 13.2 Å². The molecule has 9 heteroatoms. The number of sulfonamides is 1. The van der Waals surface area contributed by atoms with Crippen molar-refractivity contribution >= 4 is 33.4 Å². The van der Waals surface area contributed by atoms with Crippen LogP contribution in [0.1, 0.15) is 18.4 Å². The number of ether oxygens (including phenoxy) is 2. The van der Waals surface area contributed by atoms with Crippen LogP contribution in [0, 0.1) is 0 Å². The first-order valence-electron chi connectivity index (χ1n) is 11.1. The van der Waals surface area contributed by atoms with Crippen molar-refractivity contribution in [3.05, 3.63) is 78.4 Å². The molecule has 0 aliphatic carbocycles. The van der Waals surface area contributed by atoms with Gasteiger partial charge in [0.05, 0.1) is 26.2 Å². The third kappa shape index (κ3) is 7.66. The van der Waals surface area contributed by atoms with Crippen LogP contribution in [0.4, 0.5) is 5.69 Å². The minimum Gasteiger partial charge on any atom is -0.493 e. The summed E-state index contributed by atoms with van der Waals surface area (Å²) >= 11 is 1.51. The zero-order valence-electron chi connectivity index (χ0n) is 20.1. The molecule has 0 aromatic heterocycles. The van der Waals surface area contributed by atoms with E-state index in [-0.39, 0.29) is 18.9 Å². The molecule has 0 aliphatic heterocycles. The molecule has 0 spiro atoms. The van der Waals surface area contributed by atoms with Gasteiger partial charge in [0.1, 0.15) is 0 Å². The Morgan fingerprint density at radius 2 is 1.63 bits per heavy atom. The molecule has 186 valence electrons. The van der Waals surface area contributed by atoms with Gasteiger partial charge in [-0.05, 0) is 48.4 Å². The van der Waals surface area contributed by atoms with Gasteiger partial charge in [0.15, 0.2) is 11.5 Å². The van der Waals surface area contributed by atoms with Crippen LogP contribution in [0.15, 0.2) is 82.6 Å². The summed E-state index contributed by atoms with van der Waals surface area (Å²) in [7, 11) is -0.411. The van der Waals surface area contributed by atoms with Crippen molar-refractivity contribution in [2.75, 3.05) is 31.3 Å². The number of benzene rings is 3. The molecule has 0 heterocycles. The predicted molar refractivity (Wildman–Crippen MR) is 140 cm³/mol. The van der Waals surface area contributed by atoms with Crippen molar-refractivity contribution in [1.29, 1.82) is 0 Å². The van der Waals surface area contributed by atoms with Crippen molar-refractivity contribution < 1.29 is 22.7 Å². The molecule has 0 atom stereocenters. The minimum atomic E-state index is -3.54. The highest BCUT2D eigenvalue weighted by atomic mass is 32.2. The van der Waals surface area contributed by atoms with Crippen molar-refractivity contribution in [3.63, 3.8) is 0 Å². The summed E-state index contributed by atoms with van der Waals surface area (Å²) < 4.78 is 37.2. The molecule has 0 fully saturated rings. The van der Waals surface area contributed by atoms with E-state index < -0.39 is 10.0 Å². The van der Waals surface area contributed by atoms with Crippen LogP contribution in [0.3, 0.4) is 0 Å². The third-order valence-corrected chi connectivity index (χ3v) is 7.46. The first-order chi connectivity index (χ1) is 16.8. The monoisotopic (exact) mass is 514 g/mol. The van der Waals surface area contributed by atoms with E-state index in [1.54, 1.807) is 26.4 Å². The topological polar surface area (TPSA) is 84.9 Å². The molecule has 1 amide bonds. The van der Waals surface area contributed by atoms with Gasteiger partial charge in [-0.2, -0.15) is 0 Å². The fourth-order valence-corrected chi connectivity index (χ4v) is 5.50. The number of para-hydroxylation sites is 1. The van der Waals surface area contributed by atoms with Gasteiger partial charge in [-0.25, -0.2) is 8.42 Å². The van der Waals surface area contributed by atoms with Gasteiger partial charge in [-0.15, -0.1) is 0 Å². The van der Waals surface area contributed by atoms with Gasteiger partial charge in [0.25, 0.3) is 0 Å². The summed E-state index contributed by atoms with van der Waals surface area (Å²) in [4.78, 5) is 14.3. The molecule has 7 nitrogen and oxygen atoms in total. The number of rotatable bonds is 12. The Kier molecular flexibility index (Phi) is 9.45. The SMILES string of the molecule is COc1ccc(CNC(=O)CCCN(c2ccccc2Sc2ccccc2)S(C)(=O)=O)cc1OC. The number of amides is 1. The lowest BCUT2D eigenvalue weighted by molar-refractivity contribution is -0.121. The van der Waals surface area contributed by atoms with Gasteiger partial charge in [0.2, 0.25) is 15.9 Å². The second-order valence-electron chi connectivity index (χ2n) is 7.79. The van der Waals surface area contributed by atoms with Crippen LogP contribution < -0.4 is 19.1 Å². The smallest absolute Gasteiger partial charge is 0.232 e. The lowest BCUT2D eigenvalue weighted by atomic mass is 10.2. The molecule has 1 N–H and O–H groups in total. The molecule has 3 aromatic carbocycles. The van der Waals surface area contributed by atoms with Crippen molar-refractivity contribution in [2.24, 2.45) is 0 Å². The highest BCUT2D eigenvalue weighted by Gasteiger charge is 2.21. The Morgan fingerprint density at radius 1 is 0.943 bits per heavy atom. The van der Waals surface area contributed by atoms with Gasteiger partial charge in [-0.3, -0.25) is 9.10 Å². The normalized spacial score (nSPS) is 11.1. The number of nitrogens with one attached hydrogen (secondary N) is 1. The number of carbonyl (C=O) groups excluding carboxylic acids is 1. The largest absolute Gasteiger partial charge is 0.493 e. The zero-order chi connectivity index (χ0) is 25.3. The van der Waals surface area contributed by atoms with Crippen molar-refractivity contribution in [1.82, 2.24) is 5.32 Å². The number of hydrogen-bond donors (Lipinski definition) is 1. The molecule has 0 aliphatic rings. The van der Waals surface area contributed by atoms with E-state index >= 15 is 0 Å². The average molecular weight is 515 g/mol. The van der Waals surface area contributed by atoms with E-state index in [0.717, 1.165) is 15.4 Å². The number of anilines is 1. The maximum absolute atomic E-state index is 12.6. The molecule has 0 unspecified atom stereocenters. The van der Waals surface area contributed by atoms with Crippen LogP contribution in [0.5, 0.6) is 11.5 Å². The summed E-state index contributed by atoms with van der Waals surface area (Å²) in [6, 6.07) is 22.6. The van der Waals surface area contributed by atoms with E-state index in [2.05, 4.69) is 5.32 Å². The highest BCUT2D eigenvalue weighted by molar-refractivity contribution is 7.99. The van der Waals surface area contributed by atoms with E-state index in [1.807, 2.05) is 60.7 Å². The van der Waals surface area contributed by atoms with Crippen molar-refractivity contribution in [2.45, 2.75) is 29.2 Å². The second kappa shape index (κ2) is 12.5. The van der Waals surface area contributed by atoms with Crippen LogP contribution in [-0.2, 0) is 21.4 Å². The molecule has 3 aromatic rings. The predicted octanol–water partition coefficient (Wildman–Crippen LogP) is 4.72. The number of carbonyl (C=O) groups is 1. The summed E-state index contributed by atoms with van der Waals surface area (Å²) in [5.74, 6) is 1.06. The fraction of sp³-hybridized carbons (Fsp3) is 0.269. The lowest BCUT2D eigenvalue weighted by Crippen LogP contribution is -2.32. The summed E-state index contributed by atoms with van der Waals surface area (Å²) in [6.07, 6.45) is 1.77. The van der Waals surface area contributed by atoms with Crippen LogP contribution in [0.2, 0.25) is 0 Å². The molecule has 0 saturated heterocycles. The Bertz CT molecular complexity index is 1230. The zero-order valence-corrected chi connectivity index (χ0v) is 21.7. The van der Waals surface area contributed by atoms with Gasteiger partial charge in [-0.1, -0.05) is 48.2 Å². The third-order valence-electron chi connectivity index (χ3n) is 5.21. The van der Waals surface area contributed by atoms with Crippen LogP contribution in [-0.4, -0.2) is 41.3 Å². The number of hydrogen-bond acceptors (Lipinski definition) is 6. The molecule has 3 rings (SSSR count). The highest BCUT2D eigenvalue weighted by Crippen LogP contribution is 2.36. The Labute approximate surface area is 211 Å². The molecule has 0 saturated carbocycles. The van der Waals surface area contributed by atoms with E-state index in [0.29, 0.717) is 30.2 Å². The molecule has 35 heavy (non-hydrogen) atoms. The van der Waals surface area contributed by atoms with E-state index in [4.69, 9.17) is 9.47 Å². The van der Waals surface area contributed by atoms with Crippen LogP contribution in [0.25, 0.3) is 0 Å². The average Bonchev–Trinajstić information content (AvgIpc) is 2.85. The number of nitrogens with zero attached hydrogens (tertiary/aromatic N) is 1. The molecular formula is C26H30N2O5S2. The lowest BCUT2D eigenvalue weighted by Gasteiger charge is -2.24. The molecule has 0 bridgehead atoms. The Balaban J connectivity index is 1.61. The summed E-state index contributed by atoms with van der Waals surface area (Å²) in [5.41, 5.74) is 1.48. The van der Waals surface area contributed by atoms with Crippen molar-refractivity contribution in [3.8, 4) is 11.5 Å². The summed E-state index contributed by atoms with van der Waals surface area (Å²) in [5, 5.41) is 2.88. The maximum atomic E-state index is 12.6. The minimum absolute atomic E-state index is 0.153. The van der Waals surface area contributed by atoms with Gasteiger partial charge >= 0.3 is 0 Å². The second-order valence-corrected chi connectivity index (χ2v) is 10.8. The quantitative estimate of drug-likeness (QED) is 0.377. The first-order valence-corrected chi connectivity index (χ1v) is 13.8. The first kappa shape index (κ1) is 26.4. The molecule has 0 radical (unpaired) electrons. The summed E-state index contributed by atoms with van der Waals surface area (Å²) in [6.45, 7) is 0.542. The van der Waals surface area contributed by atoms with E-state index in [1.165, 1.54) is 22.3 Å². The van der Waals surface area contributed by atoms with Crippen LogP contribution >= 0.6 is 11.8 Å². The molecular weight excluding hydrogens is 484 g/mol.